The van der Waals surface area contributed by atoms with Crippen LogP contribution < -0.4 is 0 Å². The van der Waals surface area contributed by atoms with Gasteiger partial charge in [0.15, 0.2) is 0 Å². The van der Waals surface area contributed by atoms with E-state index in [1.807, 2.05) is 42.5 Å². The Morgan fingerprint density at radius 3 is 1.96 bits per heavy atom. The highest BCUT2D eigenvalue weighted by Gasteiger charge is 2.43. The molecular formula is C22H27NO4S. The highest BCUT2D eigenvalue weighted by molar-refractivity contribution is 7.85. The molecular weight excluding hydrogens is 374 g/mol. The van der Waals surface area contributed by atoms with Crippen LogP contribution in [-0.2, 0) is 15.5 Å². The Balaban J connectivity index is 2.04. The number of hydrogen-bond acceptors (Lipinski definition) is 4. The van der Waals surface area contributed by atoms with Crippen LogP contribution in [0.5, 0.6) is 0 Å². The van der Waals surface area contributed by atoms with Crippen molar-refractivity contribution in [3.63, 3.8) is 0 Å². The quantitative estimate of drug-likeness (QED) is 0.550. The molecule has 2 aromatic carbocycles. The fourth-order valence-corrected chi connectivity index (χ4v) is 4.90. The molecule has 0 saturated heterocycles. The van der Waals surface area contributed by atoms with Gasteiger partial charge in [0.2, 0.25) is 0 Å². The smallest absolute Gasteiger partial charge is 0.278 e. The van der Waals surface area contributed by atoms with E-state index in [2.05, 4.69) is 30.3 Å². The number of benzene rings is 2. The van der Waals surface area contributed by atoms with E-state index >= 15 is 0 Å². The Morgan fingerprint density at radius 1 is 1.04 bits per heavy atom. The van der Waals surface area contributed by atoms with Gasteiger partial charge in [-0.05, 0) is 31.4 Å². The third-order valence-electron chi connectivity index (χ3n) is 5.58. The molecule has 0 amide bonds. The maximum absolute atomic E-state index is 11.7. The normalized spacial score (nSPS) is 19.2. The Morgan fingerprint density at radius 2 is 1.54 bits per heavy atom. The molecule has 0 radical (unpaired) electrons. The molecule has 0 bridgehead atoms. The molecule has 0 aliphatic heterocycles. The first-order valence-corrected chi connectivity index (χ1v) is 10.9. The van der Waals surface area contributed by atoms with E-state index < -0.39 is 26.9 Å². The fraction of sp³-hybridized carbons (Fsp3) is 0.364. The van der Waals surface area contributed by atoms with E-state index in [0.717, 1.165) is 11.1 Å². The second-order valence-corrected chi connectivity index (χ2v) is 9.41. The zero-order chi connectivity index (χ0) is 20.4. The average Bonchev–Trinajstić information content (AvgIpc) is 3.13. The van der Waals surface area contributed by atoms with Crippen molar-refractivity contribution in [2.24, 2.45) is 0 Å². The SMILES string of the molecule is CC(C)(CO)N(CS(=O)(=O)O)C1C=CC(c2ccccc2)(c2ccccc2)C1. The Bertz CT molecular complexity index is 884. The predicted molar refractivity (Wildman–Crippen MR) is 111 cm³/mol. The molecule has 0 aromatic heterocycles. The van der Waals surface area contributed by atoms with Crippen molar-refractivity contribution in [3.8, 4) is 0 Å². The summed E-state index contributed by atoms with van der Waals surface area (Å²) in [6.07, 6.45) is 4.72. The van der Waals surface area contributed by atoms with Crippen molar-refractivity contribution in [3.05, 3.63) is 83.9 Å². The number of rotatable bonds is 7. The summed E-state index contributed by atoms with van der Waals surface area (Å²) in [6, 6.07) is 20.0. The summed E-state index contributed by atoms with van der Waals surface area (Å²) in [4.78, 5) is 1.66. The van der Waals surface area contributed by atoms with Gasteiger partial charge in [0.05, 0.1) is 6.61 Å². The molecule has 150 valence electrons. The lowest BCUT2D eigenvalue weighted by Crippen LogP contribution is -2.53. The van der Waals surface area contributed by atoms with Gasteiger partial charge < -0.3 is 5.11 Å². The molecule has 1 unspecified atom stereocenters. The molecule has 0 saturated carbocycles. The van der Waals surface area contributed by atoms with E-state index in [0.29, 0.717) is 6.42 Å². The van der Waals surface area contributed by atoms with Crippen LogP contribution in [0.15, 0.2) is 72.8 Å². The van der Waals surface area contributed by atoms with Gasteiger partial charge >= 0.3 is 0 Å². The number of hydrogen-bond donors (Lipinski definition) is 2. The summed E-state index contributed by atoms with van der Waals surface area (Å²) in [7, 11) is -4.24. The van der Waals surface area contributed by atoms with E-state index in [1.165, 1.54) is 0 Å². The van der Waals surface area contributed by atoms with Crippen LogP contribution >= 0.6 is 0 Å². The largest absolute Gasteiger partial charge is 0.394 e. The molecule has 1 atom stereocenters. The molecule has 5 nitrogen and oxygen atoms in total. The molecule has 0 heterocycles. The van der Waals surface area contributed by atoms with Crippen molar-refractivity contribution in [1.29, 1.82) is 0 Å². The van der Waals surface area contributed by atoms with Gasteiger partial charge in [-0.3, -0.25) is 9.45 Å². The van der Waals surface area contributed by atoms with Crippen LogP contribution in [0.3, 0.4) is 0 Å². The van der Waals surface area contributed by atoms with Gasteiger partial charge in [-0.25, -0.2) is 0 Å². The molecule has 1 aliphatic carbocycles. The van der Waals surface area contributed by atoms with Gasteiger partial charge in [0, 0.05) is 17.0 Å². The summed E-state index contributed by atoms with van der Waals surface area (Å²) in [6.45, 7) is 3.32. The van der Waals surface area contributed by atoms with Crippen LogP contribution in [0.4, 0.5) is 0 Å². The van der Waals surface area contributed by atoms with E-state index in [9.17, 15) is 18.1 Å². The van der Waals surface area contributed by atoms with Gasteiger partial charge in [-0.2, -0.15) is 8.42 Å². The van der Waals surface area contributed by atoms with E-state index in [4.69, 9.17) is 0 Å². The van der Waals surface area contributed by atoms with Crippen LogP contribution in [0.1, 0.15) is 31.4 Å². The maximum Gasteiger partial charge on any atom is 0.278 e. The van der Waals surface area contributed by atoms with Gasteiger partial charge in [0.1, 0.15) is 5.88 Å². The Labute approximate surface area is 167 Å². The van der Waals surface area contributed by atoms with Crippen molar-refractivity contribution in [2.75, 3.05) is 12.5 Å². The van der Waals surface area contributed by atoms with Gasteiger partial charge in [-0.15, -0.1) is 0 Å². The van der Waals surface area contributed by atoms with Crippen molar-refractivity contribution >= 4 is 10.1 Å². The van der Waals surface area contributed by atoms with Crippen LogP contribution in [-0.4, -0.2) is 47.0 Å². The van der Waals surface area contributed by atoms with Crippen molar-refractivity contribution in [2.45, 2.75) is 37.3 Å². The minimum atomic E-state index is -4.24. The third-order valence-corrected chi connectivity index (χ3v) is 6.18. The first kappa shape index (κ1) is 20.7. The molecule has 0 spiro atoms. The first-order valence-electron chi connectivity index (χ1n) is 9.31. The van der Waals surface area contributed by atoms with Gasteiger partial charge in [-0.1, -0.05) is 72.8 Å². The number of aliphatic hydroxyl groups excluding tert-OH is 1. The zero-order valence-corrected chi connectivity index (χ0v) is 17.0. The lowest BCUT2D eigenvalue weighted by molar-refractivity contribution is 0.0476. The Kier molecular flexibility index (Phi) is 5.77. The molecule has 0 fully saturated rings. The van der Waals surface area contributed by atoms with Crippen LogP contribution in [0.25, 0.3) is 0 Å². The minimum Gasteiger partial charge on any atom is -0.394 e. The van der Waals surface area contributed by atoms with Crippen LogP contribution in [0.2, 0.25) is 0 Å². The number of nitrogens with zero attached hydrogens (tertiary/aromatic N) is 1. The molecule has 28 heavy (non-hydrogen) atoms. The topological polar surface area (TPSA) is 77.8 Å². The second-order valence-electron chi connectivity index (χ2n) is 7.99. The third kappa shape index (κ3) is 4.20. The lowest BCUT2D eigenvalue weighted by Gasteiger charge is -2.41. The summed E-state index contributed by atoms with van der Waals surface area (Å²) in [5.74, 6) is -0.533. The monoisotopic (exact) mass is 401 g/mol. The van der Waals surface area contributed by atoms with E-state index in [1.54, 1.807) is 18.7 Å². The standard InChI is InChI=1S/C22H27NO4S/c1-21(2,16-24)23(17-28(25,26)27)20-13-14-22(15-20,18-9-5-3-6-10-18)19-11-7-4-8-12-19/h3-14,20,24H,15-17H2,1-2H3,(H,25,26,27). The number of aliphatic hydroxyl groups is 1. The van der Waals surface area contributed by atoms with E-state index in [-0.39, 0.29) is 12.6 Å². The lowest BCUT2D eigenvalue weighted by atomic mass is 9.73. The van der Waals surface area contributed by atoms with Crippen LogP contribution in [0, 0.1) is 0 Å². The Hall–Kier alpha value is -1.99. The molecule has 2 aromatic rings. The molecule has 1 aliphatic rings. The number of allylic oxidation sites excluding steroid dienone is 1. The van der Waals surface area contributed by atoms with Gasteiger partial charge in [0.25, 0.3) is 10.1 Å². The second kappa shape index (κ2) is 7.79. The highest BCUT2D eigenvalue weighted by atomic mass is 32.2. The van der Waals surface area contributed by atoms with Crippen molar-refractivity contribution < 1.29 is 18.1 Å². The predicted octanol–water partition coefficient (Wildman–Crippen LogP) is 3.22. The maximum atomic E-state index is 11.7. The average molecular weight is 402 g/mol. The zero-order valence-electron chi connectivity index (χ0n) is 16.2. The highest BCUT2D eigenvalue weighted by Crippen LogP contribution is 2.44. The fourth-order valence-electron chi connectivity index (χ4n) is 4.01. The summed E-state index contributed by atoms with van der Waals surface area (Å²) in [5, 5.41) is 9.84. The molecule has 3 rings (SSSR count). The molecule has 2 N–H and O–H groups in total. The first-order chi connectivity index (χ1) is 13.2. The summed E-state index contributed by atoms with van der Waals surface area (Å²) in [5.41, 5.74) is 1.02. The summed E-state index contributed by atoms with van der Waals surface area (Å²) >= 11 is 0. The minimum absolute atomic E-state index is 0.226. The summed E-state index contributed by atoms with van der Waals surface area (Å²) < 4.78 is 32.8. The molecule has 6 heteroatoms. The van der Waals surface area contributed by atoms with Crippen molar-refractivity contribution in [1.82, 2.24) is 4.90 Å².